The van der Waals surface area contributed by atoms with Crippen molar-refractivity contribution in [3.63, 3.8) is 0 Å². The van der Waals surface area contributed by atoms with Gasteiger partial charge in [-0.15, -0.1) is 0 Å². The van der Waals surface area contributed by atoms with Crippen molar-refractivity contribution in [1.82, 2.24) is 19.4 Å². The van der Waals surface area contributed by atoms with Crippen LogP contribution in [0.5, 0.6) is 0 Å². The number of hydrogen-bond acceptors (Lipinski definition) is 8. The Labute approximate surface area is 241 Å². The van der Waals surface area contributed by atoms with Crippen LogP contribution in [0.1, 0.15) is 0 Å². The minimum absolute atomic E-state index is 0.146. The quantitative estimate of drug-likeness (QED) is 0.268. The van der Waals surface area contributed by atoms with Gasteiger partial charge in [0.15, 0.2) is 5.11 Å². The standard InChI is InChI=1S/C23H27Cl2N5O5S3/c24-17-1-3-19(25)21(15-17)37-20-4-2-18(30(31)32)16-22(20)38(33,34)29-9-7-28(8-10-29)23(36)26-5-6-27-11-13-35-14-12-27/h1-4,15-16H,5-14H2,(H,26,36). The molecule has 2 aromatic rings. The molecule has 15 heteroatoms. The third-order valence-corrected chi connectivity index (χ3v) is 10.5. The summed E-state index contributed by atoms with van der Waals surface area (Å²) < 4.78 is 34.1. The molecule has 2 saturated heterocycles. The molecule has 2 aromatic carbocycles. The Morgan fingerprint density at radius 1 is 1.05 bits per heavy atom. The molecular weight excluding hydrogens is 593 g/mol. The van der Waals surface area contributed by atoms with Crippen LogP contribution in [0.15, 0.2) is 51.1 Å². The second-order valence-corrected chi connectivity index (χ2v) is 12.9. The van der Waals surface area contributed by atoms with E-state index in [9.17, 15) is 18.5 Å². The van der Waals surface area contributed by atoms with Crippen molar-refractivity contribution in [3.8, 4) is 0 Å². The number of nitro benzene ring substituents is 1. The van der Waals surface area contributed by atoms with Crippen molar-refractivity contribution in [3.05, 3.63) is 56.6 Å². The second kappa shape index (κ2) is 13.1. The van der Waals surface area contributed by atoms with E-state index in [4.69, 9.17) is 40.2 Å². The number of piperazine rings is 1. The number of halogens is 2. The molecule has 0 unspecified atom stereocenters. The molecule has 0 atom stereocenters. The van der Waals surface area contributed by atoms with E-state index in [0.717, 1.165) is 50.7 Å². The molecular formula is C23H27Cl2N5O5S3. The lowest BCUT2D eigenvalue weighted by Gasteiger charge is -2.36. The van der Waals surface area contributed by atoms with Crippen LogP contribution in [0, 0.1) is 10.1 Å². The number of sulfonamides is 1. The van der Waals surface area contributed by atoms with Crippen LogP contribution >= 0.6 is 47.2 Å². The molecule has 0 amide bonds. The molecule has 2 fully saturated rings. The lowest BCUT2D eigenvalue weighted by molar-refractivity contribution is -0.385. The van der Waals surface area contributed by atoms with E-state index in [0.29, 0.717) is 44.6 Å². The van der Waals surface area contributed by atoms with Gasteiger partial charge in [0.05, 0.1) is 23.2 Å². The third-order valence-electron chi connectivity index (χ3n) is 6.20. The van der Waals surface area contributed by atoms with Gasteiger partial charge in [0, 0.05) is 79.3 Å². The van der Waals surface area contributed by atoms with Gasteiger partial charge in [-0.2, -0.15) is 4.31 Å². The normalized spacial score (nSPS) is 17.4. The van der Waals surface area contributed by atoms with Gasteiger partial charge in [0.1, 0.15) is 4.90 Å². The molecule has 0 saturated carbocycles. The van der Waals surface area contributed by atoms with Gasteiger partial charge in [-0.05, 0) is 36.5 Å². The Morgan fingerprint density at radius 2 is 1.76 bits per heavy atom. The number of morpholine rings is 1. The predicted molar refractivity (Wildman–Crippen MR) is 152 cm³/mol. The summed E-state index contributed by atoms with van der Waals surface area (Å²) in [5, 5.41) is 16.1. The Kier molecular flexibility index (Phi) is 10.1. The number of ether oxygens (including phenoxy) is 1. The van der Waals surface area contributed by atoms with E-state index in [2.05, 4.69) is 10.2 Å². The average Bonchev–Trinajstić information content (AvgIpc) is 2.91. The molecule has 206 valence electrons. The van der Waals surface area contributed by atoms with E-state index >= 15 is 0 Å². The Morgan fingerprint density at radius 3 is 2.45 bits per heavy atom. The van der Waals surface area contributed by atoms with Crippen LogP contribution in [0.2, 0.25) is 10.0 Å². The molecule has 38 heavy (non-hydrogen) atoms. The number of rotatable bonds is 8. The molecule has 10 nitrogen and oxygen atoms in total. The maximum atomic E-state index is 13.7. The number of nitrogens with one attached hydrogen (secondary N) is 1. The fourth-order valence-corrected chi connectivity index (χ4v) is 7.69. The van der Waals surface area contributed by atoms with E-state index < -0.39 is 14.9 Å². The number of hydrogen-bond donors (Lipinski definition) is 1. The highest BCUT2D eigenvalue weighted by Gasteiger charge is 2.32. The number of nitrogens with zero attached hydrogens (tertiary/aromatic N) is 4. The minimum Gasteiger partial charge on any atom is -0.379 e. The average molecular weight is 621 g/mol. The SMILES string of the molecule is O=[N+]([O-])c1ccc(Sc2cc(Cl)ccc2Cl)c(S(=O)(=O)N2CCN(C(=S)NCCN3CCOCC3)CC2)c1. The summed E-state index contributed by atoms with van der Waals surface area (Å²) in [7, 11) is -4.05. The van der Waals surface area contributed by atoms with Crippen LogP contribution in [0.4, 0.5) is 5.69 Å². The highest BCUT2D eigenvalue weighted by Crippen LogP contribution is 2.40. The minimum atomic E-state index is -4.05. The Hall–Kier alpha value is -1.71. The molecule has 0 aromatic heterocycles. The highest BCUT2D eigenvalue weighted by molar-refractivity contribution is 8.00. The van der Waals surface area contributed by atoms with Gasteiger partial charge in [-0.3, -0.25) is 15.0 Å². The Bertz CT molecular complexity index is 1290. The van der Waals surface area contributed by atoms with Gasteiger partial charge in [-0.1, -0.05) is 35.0 Å². The number of non-ortho nitro benzene ring substituents is 1. The zero-order valence-electron chi connectivity index (χ0n) is 20.3. The van der Waals surface area contributed by atoms with E-state index in [-0.39, 0.29) is 23.7 Å². The van der Waals surface area contributed by atoms with Crippen molar-refractivity contribution in [2.24, 2.45) is 0 Å². The lowest BCUT2D eigenvalue weighted by Crippen LogP contribution is -2.53. The highest BCUT2D eigenvalue weighted by atomic mass is 35.5. The van der Waals surface area contributed by atoms with Gasteiger partial charge >= 0.3 is 0 Å². The molecule has 0 radical (unpaired) electrons. The van der Waals surface area contributed by atoms with E-state index in [1.807, 2.05) is 4.90 Å². The van der Waals surface area contributed by atoms with Gasteiger partial charge < -0.3 is 15.0 Å². The summed E-state index contributed by atoms with van der Waals surface area (Å²) >= 11 is 19.0. The fourth-order valence-electron chi connectivity index (χ4n) is 4.10. The van der Waals surface area contributed by atoms with Gasteiger partial charge in [-0.25, -0.2) is 8.42 Å². The molecule has 2 aliphatic rings. The van der Waals surface area contributed by atoms with Crippen molar-refractivity contribution in [2.75, 3.05) is 65.6 Å². The maximum absolute atomic E-state index is 13.7. The smallest absolute Gasteiger partial charge is 0.270 e. The summed E-state index contributed by atoms with van der Waals surface area (Å²) in [5.41, 5.74) is -0.311. The number of thiocarbonyl (C=S) groups is 1. The first-order chi connectivity index (χ1) is 18.1. The van der Waals surface area contributed by atoms with Gasteiger partial charge in [0.2, 0.25) is 10.0 Å². The van der Waals surface area contributed by atoms with Crippen LogP contribution in [0.3, 0.4) is 0 Å². The molecule has 4 rings (SSSR count). The number of benzene rings is 2. The van der Waals surface area contributed by atoms with Crippen molar-refractivity contribution >= 4 is 68.0 Å². The zero-order chi connectivity index (χ0) is 27.3. The largest absolute Gasteiger partial charge is 0.379 e. The first-order valence-corrected chi connectivity index (χ1v) is 15.3. The van der Waals surface area contributed by atoms with E-state index in [1.54, 1.807) is 18.2 Å². The monoisotopic (exact) mass is 619 g/mol. The maximum Gasteiger partial charge on any atom is 0.270 e. The van der Waals surface area contributed by atoms with Crippen LogP contribution in [0.25, 0.3) is 0 Å². The zero-order valence-corrected chi connectivity index (χ0v) is 24.3. The van der Waals surface area contributed by atoms with Crippen molar-refractivity contribution < 1.29 is 18.1 Å². The predicted octanol–water partition coefficient (Wildman–Crippen LogP) is 3.57. The van der Waals surface area contributed by atoms with Gasteiger partial charge in [0.25, 0.3) is 5.69 Å². The number of nitro groups is 1. The molecule has 0 spiro atoms. The summed E-state index contributed by atoms with van der Waals surface area (Å²) in [6, 6.07) is 8.67. The summed E-state index contributed by atoms with van der Waals surface area (Å²) in [5.74, 6) is 0. The van der Waals surface area contributed by atoms with Crippen LogP contribution in [-0.2, 0) is 14.8 Å². The second-order valence-electron chi connectivity index (χ2n) is 8.64. The summed E-state index contributed by atoms with van der Waals surface area (Å²) in [4.78, 5) is 15.8. The third kappa shape index (κ3) is 7.27. The molecule has 1 N–H and O–H groups in total. The topological polar surface area (TPSA) is 108 Å². The fraction of sp³-hybridized carbons (Fsp3) is 0.435. The van der Waals surface area contributed by atoms with Crippen LogP contribution in [-0.4, -0.2) is 98.1 Å². The Balaban J connectivity index is 1.44. The van der Waals surface area contributed by atoms with E-state index in [1.165, 1.54) is 16.4 Å². The molecule has 0 aliphatic carbocycles. The van der Waals surface area contributed by atoms with Crippen molar-refractivity contribution in [1.29, 1.82) is 0 Å². The summed E-state index contributed by atoms with van der Waals surface area (Å²) in [6.07, 6.45) is 0. The summed E-state index contributed by atoms with van der Waals surface area (Å²) in [6.45, 7) is 5.99. The lowest BCUT2D eigenvalue weighted by atomic mass is 10.3. The first-order valence-electron chi connectivity index (χ1n) is 11.9. The molecule has 0 bridgehead atoms. The van der Waals surface area contributed by atoms with Crippen molar-refractivity contribution in [2.45, 2.75) is 14.7 Å². The first kappa shape index (κ1) is 29.3. The molecule has 2 aliphatic heterocycles. The molecule has 2 heterocycles. The van der Waals surface area contributed by atoms with Crippen LogP contribution < -0.4 is 5.32 Å².